The first kappa shape index (κ1) is 14.8. The quantitative estimate of drug-likeness (QED) is 0.634. The summed E-state index contributed by atoms with van der Waals surface area (Å²) in [5.74, 6) is 0. The summed E-state index contributed by atoms with van der Waals surface area (Å²) in [6.07, 6.45) is 0. The van der Waals surface area contributed by atoms with Gasteiger partial charge in [0.05, 0.1) is 21.1 Å². The fraction of sp³-hybridized carbons (Fsp3) is 0.143. The van der Waals surface area contributed by atoms with Crippen molar-refractivity contribution < 1.29 is 0 Å². The summed E-state index contributed by atoms with van der Waals surface area (Å²) in [6, 6.07) is 11.1. The molecule has 0 fully saturated rings. The average Bonchev–Trinajstić information content (AvgIpc) is 2.39. The largest absolute Gasteiger partial charge is 0.378 e. The van der Waals surface area contributed by atoms with Crippen LogP contribution in [0.1, 0.15) is 18.5 Å². The summed E-state index contributed by atoms with van der Waals surface area (Å²) < 4.78 is 0. The van der Waals surface area contributed by atoms with E-state index in [0.717, 1.165) is 11.3 Å². The predicted octanol–water partition coefficient (Wildman–Crippen LogP) is 6.47. The Balaban J connectivity index is 2.23. The van der Waals surface area contributed by atoms with E-state index in [-0.39, 0.29) is 6.04 Å². The lowest BCUT2D eigenvalue weighted by atomic mass is 10.1. The second-order valence-electron chi connectivity index (χ2n) is 4.14. The van der Waals surface area contributed by atoms with Crippen molar-refractivity contribution in [1.29, 1.82) is 0 Å². The highest BCUT2D eigenvalue weighted by molar-refractivity contribution is 6.48. The van der Waals surface area contributed by atoms with E-state index in [0.29, 0.717) is 20.1 Å². The van der Waals surface area contributed by atoms with Gasteiger partial charge in [-0.25, -0.2) is 0 Å². The molecule has 1 unspecified atom stereocenters. The highest BCUT2D eigenvalue weighted by Crippen LogP contribution is 2.36. The van der Waals surface area contributed by atoms with Crippen molar-refractivity contribution in [2.75, 3.05) is 5.32 Å². The van der Waals surface area contributed by atoms with Crippen LogP contribution in [0.5, 0.6) is 0 Å². The number of benzene rings is 2. The molecule has 2 rings (SSSR count). The second kappa shape index (κ2) is 6.23. The maximum absolute atomic E-state index is 6.21. The van der Waals surface area contributed by atoms with Crippen molar-refractivity contribution in [3.8, 4) is 0 Å². The zero-order valence-corrected chi connectivity index (χ0v) is 13.1. The van der Waals surface area contributed by atoms with Crippen molar-refractivity contribution in [3.05, 3.63) is 62.1 Å². The first-order chi connectivity index (χ1) is 8.99. The van der Waals surface area contributed by atoms with Gasteiger partial charge in [0.2, 0.25) is 0 Å². The summed E-state index contributed by atoms with van der Waals surface area (Å²) in [6.45, 7) is 2.00. The van der Waals surface area contributed by atoms with Crippen molar-refractivity contribution in [2.45, 2.75) is 13.0 Å². The minimum atomic E-state index is 0.00319. The van der Waals surface area contributed by atoms with Crippen LogP contribution in [0, 0.1) is 0 Å². The van der Waals surface area contributed by atoms with Crippen LogP contribution in [0.3, 0.4) is 0 Å². The fourth-order valence-electron chi connectivity index (χ4n) is 1.75. The van der Waals surface area contributed by atoms with Crippen molar-refractivity contribution >= 4 is 52.1 Å². The molecule has 0 bridgehead atoms. The van der Waals surface area contributed by atoms with E-state index in [2.05, 4.69) is 5.32 Å². The third kappa shape index (κ3) is 3.49. The highest BCUT2D eigenvalue weighted by atomic mass is 35.5. The van der Waals surface area contributed by atoms with Crippen LogP contribution >= 0.6 is 46.4 Å². The molecule has 5 heteroatoms. The number of rotatable bonds is 3. The number of anilines is 1. The van der Waals surface area contributed by atoms with Crippen LogP contribution in [0.25, 0.3) is 0 Å². The molecule has 1 atom stereocenters. The van der Waals surface area contributed by atoms with Gasteiger partial charge < -0.3 is 5.32 Å². The van der Waals surface area contributed by atoms with E-state index in [1.54, 1.807) is 6.07 Å². The molecule has 0 amide bonds. The van der Waals surface area contributed by atoms with E-state index in [1.165, 1.54) is 0 Å². The molecule has 1 nitrogen and oxygen atoms in total. The third-order valence-corrected chi connectivity index (χ3v) is 4.32. The van der Waals surface area contributed by atoms with Gasteiger partial charge in [-0.2, -0.15) is 0 Å². The molecule has 100 valence electrons. The van der Waals surface area contributed by atoms with Gasteiger partial charge in [0.1, 0.15) is 0 Å². The molecule has 2 aromatic rings. The number of halogens is 4. The molecule has 0 heterocycles. The topological polar surface area (TPSA) is 12.0 Å². The van der Waals surface area contributed by atoms with E-state index < -0.39 is 0 Å². The minimum Gasteiger partial charge on any atom is -0.378 e. The zero-order valence-electron chi connectivity index (χ0n) is 10.1. The molecule has 0 spiro atoms. The Bertz CT molecular complexity index is 581. The molecule has 0 saturated carbocycles. The Hall–Kier alpha value is -0.600. The predicted molar refractivity (Wildman–Crippen MR) is 85.0 cm³/mol. The minimum absolute atomic E-state index is 0.00319. The average molecular weight is 335 g/mol. The third-order valence-electron chi connectivity index (χ3n) is 2.76. The van der Waals surface area contributed by atoms with Crippen LogP contribution in [0.4, 0.5) is 5.69 Å². The summed E-state index contributed by atoms with van der Waals surface area (Å²) in [7, 11) is 0. The lowest BCUT2D eigenvalue weighted by Gasteiger charge is -2.18. The van der Waals surface area contributed by atoms with E-state index in [9.17, 15) is 0 Å². The van der Waals surface area contributed by atoms with Crippen LogP contribution < -0.4 is 5.32 Å². The Morgan fingerprint density at radius 3 is 2.11 bits per heavy atom. The Morgan fingerprint density at radius 2 is 1.47 bits per heavy atom. The van der Waals surface area contributed by atoms with Crippen molar-refractivity contribution in [3.63, 3.8) is 0 Å². The van der Waals surface area contributed by atoms with Gasteiger partial charge >= 0.3 is 0 Å². The standard InChI is InChI=1S/C14H11Cl4N/c1-8(19-10-4-2-9(15)3-5-10)11-6-7-12(16)14(18)13(11)17/h2-8,19H,1H3. The summed E-state index contributed by atoms with van der Waals surface area (Å²) >= 11 is 24.0. The van der Waals surface area contributed by atoms with Gasteiger partial charge in [0.25, 0.3) is 0 Å². The number of hydrogen-bond donors (Lipinski definition) is 1. The normalized spacial score (nSPS) is 12.3. The molecule has 1 N–H and O–H groups in total. The summed E-state index contributed by atoms with van der Waals surface area (Å²) in [5, 5.41) is 5.34. The van der Waals surface area contributed by atoms with Crippen LogP contribution in [0.2, 0.25) is 20.1 Å². The monoisotopic (exact) mass is 333 g/mol. The molecule has 0 saturated heterocycles. The molecular weight excluding hydrogens is 324 g/mol. The first-order valence-electron chi connectivity index (χ1n) is 5.64. The van der Waals surface area contributed by atoms with E-state index in [4.69, 9.17) is 46.4 Å². The first-order valence-corrected chi connectivity index (χ1v) is 7.15. The summed E-state index contributed by atoms with van der Waals surface area (Å²) in [5.41, 5.74) is 1.85. The van der Waals surface area contributed by atoms with E-state index in [1.807, 2.05) is 37.3 Å². The van der Waals surface area contributed by atoms with Gasteiger partial charge in [-0.3, -0.25) is 0 Å². The molecule has 19 heavy (non-hydrogen) atoms. The van der Waals surface area contributed by atoms with Crippen LogP contribution in [0.15, 0.2) is 36.4 Å². The van der Waals surface area contributed by atoms with Gasteiger partial charge in [0, 0.05) is 10.7 Å². The highest BCUT2D eigenvalue weighted by Gasteiger charge is 2.14. The number of hydrogen-bond acceptors (Lipinski definition) is 1. The molecule has 0 aliphatic heterocycles. The molecular formula is C14H11Cl4N. The number of nitrogens with one attached hydrogen (secondary N) is 1. The Morgan fingerprint density at radius 1 is 0.842 bits per heavy atom. The summed E-state index contributed by atoms with van der Waals surface area (Å²) in [4.78, 5) is 0. The molecule has 0 radical (unpaired) electrons. The van der Waals surface area contributed by atoms with Crippen molar-refractivity contribution in [2.24, 2.45) is 0 Å². The second-order valence-corrected chi connectivity index (χ2v) is 5.74. The van der Waals surface area contributed by atoms with E-state index >= 15 is 0 Å². The molecule has 2 aromatic carbocycles. The maximum Gasteiger partial charge on any atom is 0.0782 e. The van der Waals surface area contributed by atoms with Crippen molar-refractivity contribution in [1.82, 2.24) is 0 Å². The van der Waals surface area contributed by atoms with Crippen LogP contribution in [-0.4, -0.2) is 0 Å². The van der Waals surface area contributed by atoms with Gasteiger partial charge in [-0.1, -0.05) is 52.5 Å². The lowest BCUT2D eigenvalue weighted by molar-refractivity contribution is 0.885. The SMILES string of the molecule is CC(Nc1ccc(Cl)cc1)c1ccc(Cl)c(Cl)c1Cl. The zero-order chi connectivity index (χ0) is 14.0. The Labute approximate surface area is 132 Å². The Kier molecular flexibility index (Phi) is 4.86. The van der Waals surface area contributed by atoms with Gasteiger partial charge in [-0.15, -0.1) is 0 Å². The molecule has 0 aromatic heterocycles. The molecule has 0 aliphatic rings. The van der Waals surface area contributed by atoms with Gasteiger partial charge in [0.15, 0.2) is 0 Å². The maximum atomic E-state index is 6.21. The molecule has 0 aliphatic carbocycles. The van der Waals surface area contributed by atoms with Gasteiger partial charge in [-0.05, 0) is 42.8 Å². The lowest BCUT2D eigenvalue weighted by Crippen LogP contribution is -2.07. The fourth-order valence-corrected chi connectivity index (χ4v) is 2.58. The van der Waals surface area contributed by atoms with Crippen LogP contribution in [-0.2, 0) is 0 Å². The smallest absolute Gasteiger partial charge is 0.0782 e.